The van der Waals surface area contributed by atoms with E-state index in [4.69, 9.17) is 17.3 Å². The van der Waals surface area contributed by atoms with Crippen molar-refractivity contribution in [2.24, 2.45) is 0 Å². The van der Waals surface area contributed by atoms with E-state index in [1.54, 1.807) is 0 Å². The van der Waals surface area contributed by atoms with Crippen LogP contribution in [0.4, 0.5) is 5.69 Å². The number of benzene rings is 2. The standard InChI is InChI=1S/C15H16ClN/c1-9-6-10(2)15(11(3)7-9)13-8-12(16)4-5-14(13)17/h4-8H,17H2,1-3H3. The molecule has 88 valence electrons. The Morgan fingerprint density at radius 3 is 2.12 bits per heavy atom. The monoisotopic (exact) mass is 245 g/mol. The van der Waals surface area contributed by atoms with Gasteiger partial charge in [0.1, 0.15) is 0 Å². The summed E-state index contributed by atoms with van der Waals surface area (Å²) in [5.41, 5.74) is 12.8. The molecule has 2 aromatic carbocycles. The van der Waals surface area contributed by atoms with Crippen molar-refractivity contribution >= 4 is 17.3 Å². The molecular formula is C15H16ClN. The lowest BCUT2D eigenvalue weighted by Gasteiger charge is -2.14. The van der Waals surface area contributed by atoms with Crippen molar-refractivity contribution in [2.45, 2.75) is 20.8 Å². The van der Waals surface area contributed by atoms with Gasteiger partial charge in [-0.05, 0) is 55.7 Å². The quantitative estimate of drug-likeness (QED) is 0.735. The van der Waals surface area contributed by atoms with Crippen LogP contribution in [0.25, 0.3) is 11.1 Å². The zero-order valence-corrected chi connectivity index (χ0v) is 11.1. The Labute approximate surface area is 107 Å². The fraction of sp³-hybridized carbons (Fsp3) is 0.200. The minimum atomic E-state index is 0.716. The second kappa shape index (κ2) is 4.42. The minimum Gasteiger partial charge on any atom is -0.398 e. The van der Waals surface area contributed by atoms with Gasteiger partial charge in [0.05, 0.1) is 0 Å². The van der Waals surface area contributed by atoms with E-state index in [-0.39, 0.29) is 0 Å². The highest BCUT2D eigenvalue weighted by Crippen LogP contribution is 2.34. The van der Waals surface area contributed by atoms with E-state index in [1.807, 2.05) is 18.2 Å². The maximum atomic E-state index is 6.05. The van der Waals surface area contributed by atoms with Crippen LogP contribution in [-0.2, 0) is 0 Å². The lowest BCUT2D eigenvalue weighted by Crippen LogP contribution is -1.95. The van der Waals surface area contributed by atoms with Crippen molar-refractivity contribution in [3.05, 3.63) is 52.0 Å². The van der Waals surface area contributed by atoms with Gasteiger partial charge in [0, 0.05) is 16.3 Å². The largest absolute Gasteiger partial charge is 0.398 e. The maximum absolute atomic E-state index is 6.05. The Kier molecular flexibility index (Phi) is 3.12. The van der Waals surface area contributed by atoms with Crippen molar-refractivity contribution in [3.63, 3.8) is 0 Å². The molecule has 0 unspecified atom stereocenters. The van der Waals surface area contributed by atoms with Crippen LogP contribution in [-0.4, -0.2) is 0 Å². The van der Waals surface area contributed by atoms with Crippen molar-refractivity contribution in [1.82, 2.24) is 0 Å². The first kappa shape index (κ1) is 12.0. The second-order valence-electron chi connectivity index (χ2n) is 4.51. The lowest BCUT2D eigenvalue weighted by molar-refractivity contribution is 1.32. The highest BCUT2D eigenvalue weighted by Gasteiger charge is 2.10. The number of halogens is 1. The Morgan fingerprint density at radius 1 is 0.941 bits per heavy atom. The molecule has 2 aromatic rings. The second-order valence-corrected chi connectivity index (χ2v) is 4.94. The number of hydrogen-bond donors (Lipinski definition) is 1. The molecule has 0 saturated carbocycles. The third kappa shape index (κ3) is 2.29. The Morgan fingerprint density at radius 2 is 1.53 bits per heavy atom. The van der Waals surface area contributed by atoms with Crippen LogP contribution in [0.3, 0.4) is 0 Å². The first-order valence-corrected chi connectivity index (χ1v) is 6.00. The highest BCUT2D eigenvalue weighted by molar-refractivity contribution is 6.31. The summed E-state index contributed by atoms with van der Waals surface area (Å²) in [6, 6.07) is 9.95. The van der Waals surface area contributed by atoms with Gasteiger partial charge in [-0.2, -0.15) is 0 Å². The van der Waals surface area contributed by atoms with Crippen molar-refractivity contribution < 1.29 is 0 Å². The molecular weight excluding hydrogens is 230 g/mol. The number of rotatable bonds is 1. The lowest BCUT2D eigenvalue weighted by atomic mass is 9.93. The van der Waals surface area contributed by atoms with Gasteiger partial charge < -0.3 is 5.73 Å². The molecule has 0 spiro atoms. The number of nitrogen functional groups attached to an aromatic ring is 1. The predicted molar refractivity (Wildman–Crippen MR) is 75.5 cm³/mol. The molecule has 2 heteroatoms. The Hall–Kier alpha value is -1.47. The average Bonchev–Trinajstić information content (AvgIpc) is 2.21. The molecule has 0 bridgehead atoms. The average molecular weight is 246 g/mol. The molecule has 0 heterocycles. The summed E-state index contributed by atoms with van der Waals surface area (Å²) in [7, 11) is 0. The van der Waals surface area contributed by atoms with Gasteiger partial charge in [0.25, 0.3) is 0 Å². The highest BCUT2D eigenvalue weighted by atomic mass is 35.5. The number of nitrogens with two attached hydrogens (primary N) is 1. The minimum absolute atomic E-state index is 0.716. The summed E-state index contributed by atoms with van der Waals surface area (Å²) in [5.74, 6) is 0. The van der Waals surface area contributed by atoms with Gasteiger partial charge in [-0.15, -0.1) is 0 Å². The topological polar surface area (TPSA) is 26.0 Å². The maximum Gasteiger partial charge on any atom is 0.0413 e. The summed E-state index contributed by atoms with van der Waals surface area (Å²) in [4.78, 5) is 0. The van der Waals surface area contributed by atoms with Gasteiger partial charge in [-0.3, -0.25) is 0 Å². The van der Waals surface area contributed by atoms with Crippen LogP contribution < -0.4 is 5.73 Å². The van der Waals surface area contributed by atoms with Crippen LogP contribution in [0.15, 0.2) is 30.3 Å². The Balaban J connectivity index is 2.72. The summed E-state index contributed by atoms with van der Waals surface area (Å²) < 4.78 is 0. The van der Waals surface area contributed by atoms with E-state index in [9.17, 15) is 0 Å². The van der Waals surface area contributed by atoms with Gasteiger partial charge in [-0.1, -0.05) is 29.3 Å². The molecule has 0 saturated heterocycles. The van der Waals surface area contributed by atoms with E-state index in [2.05, 4.69) is 32.9 Å². The SMILES string of the molecule is Cc1cc(C)c(-c2cc(Cl)ccc2N)c(C)c1. The van der Waals surface area contributed by atoms with Gasteiger partial charge in [-0.25, -0.2) is 0 Å². The molecule has 1 nitrogen and oxygen atoms in total. The first-order valence-electron chi connectivity index (χ1n) is 5.62. The van der Waals surface area contributed by atoms with E-state index >= 15 is 0 Å². The molecule has 0 aliphatic heterocycles. The third-order valence-corrected chi connectivity index (χ3v) is 3.20. The van der Waals surface area contributed by atoms with Crippen LogP contribution in [0.5, 0.6) is 0 Å². The molecule has 0 aliphatic carbocycles. The smallest absolute Gasteiger partial charge is 0.0413 e. The Bertz CT molecular complexity index is 550. The fourth-order valence-electron chi connectivity index (χ4n) is 2.35. The van der Waals surface area contributed by atoms with Crippen LogP contribution >= 0.6 is 11.6 Å². The molecule has 0 amide bonds. The zero-order chi connectivity index (χ0) is 12.6. The molecule has 2 N–H and O–H groups in total. The van der Waals surface area contributed by atoms with E-state index in [0.29, 0.717) is 5.02 Å². The van der Waals surface area contributed by atoms with Gasteiger partial charge >= 0.3 is 0 Å². The molecule has 0 radical (unpaired) electrons. The first-order chi connectivity index (χ1) is 7.99. The normalized spacial score (nSPS) is 10.6. The zero-order valence-electron chi connectivity index (χ0n) is 10.3. The summed E-state index contributed by atoms with van der Waals surface area (Å²) in [5, 5.41) is 0.716. The molecule has 0 fully saturated rings. The van der Waals surface area contributed by atoms with Crippen molar-refractivity contribution in [3.8, 4) is 11.1 Å². The van der Waals surface area contributed by atoms with Gasteiger partial charge in [0.2, 0.25) is 0 Å². The number of anilines is 1. The summed E-state index contributed by atoms with van der Waals surface area (Å²) in [6.45, 7) is 6.32. The molecule has 2 rings (SSSR count). The van der Waals surface area contributed by atoms with Crippen LogP contribution in [0.1, 0.15) is 16.7 Å². The molecule has 17 heavy (non-hydrogen) atoms. The molecule has 0 atom stereocenters. The van der Waals surface area contributed by atoms with E-state index in [1.165, 1.54) is 22.3 Å². The number of hydrogen-bond acceptors (Lipinski definition) is 1. The number of aryl methyl sites for hydroxylation is 3. The molecule has 0 aliphatic rings. The van der Waals surface area contributed by atoms with E-state index in [0.717, 1.165) is 11.3 Å². The van der Waals surface area contributed by atoms with E-state index < -0.39 is 0 Å². The predicted octanol–water partition coefficient (Wildman–Crippen LogP) is 4.51. The van der Waals surface area contributed by atoms with Crippen LogP contribution in [0, 0.1) is 20.8 Å². The van der Waals surface area contributed by atoms with Crippen LogP contribution in [0.2, 0.25) is 5.02 Å². The van der Waals surface area contributed by atoms with Crippen molar-refractivity contribution in [2.75, 3.05) is 5.73 Å². The summed E-state index contributed by atoms with van der Waals surface area (Å²) >= 11 is 6.05. The fourth-order valence-corrected chi connectivity index (χ4v) is 2.52. The molecule has 0 aromatic heterocycles. The van der Waals surface area contributed by atoms with Gasteiger partial charge in [0.15, 0.2) is 0 Å². The third-order valence-electron chi connectivity index (χ3n) is 2.96. The van der Waals surface area contributed by atoms with Crippen molar-refractivity contribution in [1.29, 1.82) is 0 Å². The summed E-state index contributed by atoms with van der Waals surface area (Å²) in [6.07, 6.45) is 0.